The Labute approximate surface area is 207 Å². The average Bonchev–Trinajstić information content (AvgIpc) is 3.32. The van der Waals surface area contributed by atoms with Gasteiger partial charge in [-0.3, -0.25) is 4.99 Å². The summed E-state index contributed by atoms with van der Waals surface area (Å²) in [6.45, 7) is 4.18. The lowest BCUT2D eigenvalue weighted by Crippen LogP contribution is -2.10. The first kappa shape index (κ1) is 25.9. The Kier molecular flexibility index (Phi) is 9.52. The maximum Gasteiger partial charge on any atom is 0.130 e. The Morgan fingerprint density at radius 2 is 2.00 bits per heavy atom. The van der Waals surface area contributed by atoms with Gasteiger partial charge in [0, 0.05) is 33.1 Å². The normalized spacial score (nSPS) is 16.9. The van der Waals surface area contributed by atoms with Crippen LogP contribution in [0.5, 0.6) is 0 Å². The molecule has 0 saturated heterocycles. The van der Waals surface area contributed by atoms with Crippen molar-refractivity contribution in [2.45, 2.75) is 51.0 Å². The van der Waals surface area contributed by atoms with E-state index in [0.717, 1.165) is 53.6 Å². The number of aliphatic imine (C=N–C) groups is 1. The third kappa shape index (κ3) is 6.45. The van der Waals surface area contributed by atoms with Crippen molar-refractivity contribution in [3.05, 3.63) is 81.5 Å². The van der Waals surface area contributed by atoms with E-state index >= 15 is 4.39 Å². The monoisotopic (exact) mass is 506 g/mol. The highest BCUT2D eigenvalue weighted by Gasteiger charge is 2.24. The third-order valence-electron chi connectivity index (χ3n) is 5.76. The molecule has 176 valence electrons. The topological polar surface area (TPSA) is 51.5 Å². The smallest absolute Gasteiger partial charge is 0.130 e. The van der Waals surface area contributed by atoms with Gasteiger partial charge in [-0.1, -0.05) is 42.3 Å². The van der Waals surface area contributed by atoms with Crippen LogP contribution in [-0.2, 0) is 6.16 Å². The van der Waals surface area contributed by atoms with Crippen molar-refractivity contribution in [2.75, 3.05) is 7.05 Å². The van der Waals surface area contributed by atoms with Crippen LogP contribution in [0.15, 0.2) is 58.1 Å². The summed E-state index contributed by atoms with van der Waals surface area (Å²) < 4.78 is 20.5. The van der Waals surface area contributed by atoms with Crippen LogP contribution in [0.1, 0.15) is 61.7 Å². The van der Waals surface area contributed by atoms with Crippen LogP contribution in [0.3, 0.4) is 0 Å². The average molecular weight is 507 g/mol. The largest absolute Gasteiger partial charge is 0.469 e. The quantitative estimate of drug-likeness (QED) is 0.340. The van der Waals surface area contributed by atoms with E-state index in [0.29, 0.717) is 29.8 Å². The van der Waals surface area contributed by atoms with E-state index in [1.165, 1.54) is 13.1 Å². The van der Waals surface area contributed by atoms with E-state index in [1.807, 2.05) is 37.3 Å². The van der Waals surface area contributed by atoms with E-state index in [1.54, 1.807) is 6.26 Å². The highest BCUT2D eigenvalue weighted by molar-refractivity contribution is 7.37. The fourth-order valence-corrected chi connectivity index (χ4v) is 5.96. The summed E-state index contributed by atoms with van der Waals surface area (Å²) in [4.78, 5) is 4.74. The first-order valence-corrected chi connectivity index (χ1v) is 13.1. The minimum Gasteiger partial charge on any atom is -0.469 e. The summed E-state index contributed by atoms with van der Waals surface area (Å²) >= 11 is 12.9. The second-order valence-corrected chi connectivity index (χ2v) is 10.5. The van der Waals surface area contributed by atoms with Crippen LogP contribution in [0.25, 0.3) is 11.1 Å². The number of nitrogens with two attached hydrogens (primary N) is 1. The van der Waals surface area contributed by atoms with Crippen LogP contribution in [0.2, 0.25) is 10.0 Å². The van der Waals surface area contributed by atoms with E-state index in [9.17, 15) is 0 Å². The SMILES string of the molecule is CC1=NC(c2c(F)cc(Cl)cc2-c2ccc(C(C)PCc3ccco3)c(Cl)c2)CCC1.CN. The number of hydrogen-bond donors (Lipinski definition) is 1. The first-order valence-electron chi connectivity index (χ1n) is 11.1. The van der Waals surface area contributed by atoms with Gasteiger partial charge in [-0.15, -0.1) is 8.58 Å². The van der Waals surface area contributed by atoms with Crippen molar-refractivity contribution in [3.8, 4) is 11.1 Å². The molecule has 3 nitrogen and oxygen atoms in total. The van der Waals surface area contributed by atoms with Crippen molar-refractivity contribution in [1.82, 2.24) is 0 Å². The lowest BCUT2D eigenvalue weighted by Gasteiger charge is -2.23. The molecular formula is C26H30Cl2FN2OP. The zero-order valence-electron chi connectivity index (χ0n) is 19.2. The lowest BCUT2D eigenvalue weighted by molar-refractivity contribution is 0.529. The van der Waals surface area contributed by atoms with Gasteiger partial charge in [0.05, 0.1) is 12.3 Å². The molecule has 2 heterocycles. The number of halogens is 3. The summed E-state index contributed by atoms with van der Waals surface area (Å²) in [5, 5.41) is 1.06. The summed E-state index contributed by atoms with van der Waals surface area (Å²) in [6, 6.07) is 12.9. The molecule has 1 aromatic heterocycles. The molecule has 0 saturated carbocycles. The third-order valence-corrected chi connectivity index (χ3v) is 7.78. The maximum atomic E-state index is 15.1. The van der Waals surface area contributed by atoms with Crippen molar-refractivity contribution >= 4 is 37.5 Å². The van der Waals surface area contributed by atoms with Crippen molar-refractivity contribution in [3.63, 3.8) is 0 Å². The van der Waals surface area contributed by atoms with Gasteiger partial charge in [0.1, 0.15) is 11.6 Å². The molecule has 0 aliphatic carbocycles. The molecule has 1 aliphatic rings. The van der Waals surface area contributed by atoms with Crippen LogP contribution in [0.4, 0.5) is 4.39 Å². The fraction of sp³-hybridized carbons (Fsp3) is 0.346. The summed E-state index contributed by atoms with van der Waals surface area (Å²) in [6.07, 6.45) is 5.40. The second kappa shape index (κ2) is 12.1. The Morgan fingerprint density at radius 1 is 1.21 bits per heavy atom. The summed E-state index contributed by atoms with van der Waals surface area (Å²) in [7, 11) is 2.15. The highest BCUT2D eigenvalue weighted by atomic mass is 35.5. The van der Waals surface area contributed by atoms with Crippen LogP contribution < -0.4 is 5.73 Å². The summed E-state index contributed by atoms with van der Waals surface area (Å²) in [5.41, 5.74) is 9.20. The first-order chi connectivity index (χ1) is 15.9. The molecule has 0 fully saturated rings. The van der Waals surface area contributed by atoms with E-state index in [2.05, 4.69) is 18.7 Å². The molecule has 3 atom stereocenters. The fourth-order valence-electron chi connectivity index (χ4n) is 4.14. The lowest BCUT2D eigenvalue weighted by atomic mass is 9.89. The van der Waals surface area contributed by atoms with E-state index in [-0.39, 0.29) is 11.9 Å². The molecule has 7 heteroatoms. The van der Waals surface area contributed by atoms with Gasteiger partial charge < -0.3 is 10.2 Å². The van der Waals surface area contributed by atoms with Crippen molar-refractivity contribution in [2.24, 2.45) is 10.7 Å². The minimum atomic E-state index is -0.306. The van der Waals surface area contributed by atoms with Gasteiger partial charge in [0.15, 0.2) is 0 Å². The Hall–Kier alpha value is -1.71. The van der Waals surface area contributed by atoms with Gasteiger partial charge in [0.2, 0.25) is 0 Å². The van der Waals surface area contributed by atoms with Crippen LogP contribution >= 0.6 is 31.8 Å². The molecule has 3 unspecified atom stereocenters. The van der Waals surface area contributed by atoms with Gasteiger partial charge in [-0.25, -0.2) is 4.39 Å². The number of rotatable bonds is 6. The summed E-state index contributed by atoms with van der Waals surface area (Å²) in [5.74, 6) is 0.680. The predicted octanol–water partition coefficient (Wildman–Crippen LogP) is 8.59. The molecule has 2 aromatic carbocycles. The number of benzene rings is 2. The predicted molar refractivity (Wildman–Crippen MR) is 141 cm³/mol. The molecule has 33 heavy (non-hydrogen) atoms. The number of nitrogens with zero attached hydrogens (tertiary/aromatic N) is 1. The second-order valence-electron chi connectivity index (χ2n) is 8.04. The maximum absolute atomic E-state index is 15.1. The Morgan fingerprint density at radius 3 is 2.67 bits per heavy atom. The molecule has 4 rings (SSSR count). The van der Waals surface area contributed by atoms with Gasteiger partial charge >= 0.3 is 0 Å². The molecule has 3 aromatic rings. The van der Waals surface area contributed by atoms with E-state index < -0.39 is 0 Å². The molecule has 0 spiro atoms. The number of furan rings is 1. The zero-order valence-corrected chi connectivity index (χ0v) is 21.7. The highest BCUT2D eigenvalue weighted by Crippen LogP contribution is 2.43. The molecule has 0 bridgehead atoms. The minimum absolute atomic E-state index is 0.187. The molecule has 0 amide bonds. The molecular weight excluding hydrogens is 477 g/mol. The van der Waals surface area contributed by atoms with E-state index in [4.69, 9.17) is 32.6 Å². The standard InChI is InChI=1S/C25H25Cl2FNOP.CH5N/c1-15-5-3-7-24(29-15)25-21(12-18(26)13-23(25)28)17-8-9-20(22(27)11-17)16(2)31-14-19-6-4-10-30-19;1-2/h4,6,8-13,16,24,31H,3,5,7,14H2,1-2H3;2H2,1H3. The van der Waals surface area contributed by atoms with Crippen molar-refractivity contribution in [1.29, 1.82) is 0 Å². The zero-order chi connectivity index (χ0) is 24.0. The van der Waals surface area contributed by atoms with Gasteiger partial charge in [0.25, 0.3) is 0 Å². The Bertz CT molecular complexity index is 1100. The molecule has 1 aliphatic heterocycles. The van der Waals surface area contributed by atoms with Gasteiger partial charge in [-0.2, -0.15) is 0 Å². The van der Waals surface area contributed by atoms with Crippen LogP contribution in [-0.4, -0.2) is 12.8 Å². The number of hydrogen-bond acceptors (Lipinski definition) is 3. The van der Waals surface area contributed by atoms with Gasteiger partial charge in [-0.05, 0) is 80.3 Å². The van der Waals surface area contributed by atoms with Crippen molar-refractivity contribution < 1.29 is 8.81 Å². The molecule has 2 N–H and O–H groups in total. The Balaban J connectivity index is 0.00000149. The van der Waals surface area contributed by atoms with Crippen LogP contribution in [0, 0.1) is 5.82 Å². The molecule has 0 radical (unpaired) electrons.